The fraction of sp³-hybridized carbons (Fsp3) is 0.952. The summed E-state index contributed by atoms with van der Waals surface area (Å²) in [7, 11) is 0. The monoisotopic (exact) mass is 304 g/mol. The van der Waals surface area contributed by atoms with Gasteiger partial charge >= 0.3 is 0 Å². The van der Waals surface area contributed by atoms with Crippen molar-refractivity contribution in [3.8, 4) is 0 Å². The Labute approximate surface area is 137 Å². The van der Waals surface area contributed by atoms with Crippen molar-refractivity contribution in [1.29, 1.82) is 0 Å². The molecule has 3 saturated carbocycles. The number of ketones is 1. The van der Waals surface area contributed by atoms with E-state index in [-0.39, 0.29) is 0 Å². The number of rotatable bonds is 5. The van der Waals surface area contributed by atoms with Gasteiger partial charge in [0.2, 0.25) is 0 Å². The van der Waals surface area contributed by atoms with Crippen LogP contribution in [0.1, 0.15) is 96.8 Å². The maximum Gasteiger partial charge on any atom is 0.133 e. The lowest BCUT2D eigenvalue weighted by Gasteiger charge is -2.43. The molecule has 3 aliphatic rings. The standard InChI is InChI=1S/C21H36O/c1-2-3-4-5-16-6-8-17(9-7-16)18-10-11-20-15-21(22)13-12-19(20)14-18/h16-20H,2-15H2,1H3. The number of fused-ring (bicyclic) bond motifs is 1. The molecule has 0 radical (unpaired) electrons. The summed E-state index contributed by atoms with van der Waals surface area (Å²) in [6.07, 6.45) is 19.1. The summed E-state index contributed by atoms with van der Waals surface area (Å²) in [5.41, 5.74) is 0. The van der Waals surface area contributed by atoms with E-state index in [1.54, 1.807) is 0 Å². The first-order valence-electron chi connectivity index (χ1n) is 10.3. The smallest absolute Gasteiger partial charge is 0.133 e. The molecule has 3 aliphatic carbocycles. The average Bonchev–Trinajstić information content (AvgIpc) is 2.55. The van der Waals surface area contributed by atoms with Gasteiger partial charge in [-0.15, -0.1) is 0 Å². The Morgan fingerprint density at radius 1 is 0.818 bits per heavy atom. The van der Waals surface area contributed by atoms with Crippen LogP contribution >= 0.6 is 0 Å². The summed E-state index contributed by atoms with van der Waals surface area (Å²) >= 11 is 0. The lowest BCUT2D eigenvalue weighted by Crippen LogP contribution is -2.34. The van der Waals surface area contributed by atoms with E-state index in [0.29, 0.717) is 5.78 Å². The van der Waals surface area contributed by atoms with Gasteiger partial charge in [-0.05, 0) is 68.1 Å². The molecule has 0 saturated heterocycles. The van der Waals surface area contributed by atoms with Crippen LogP contribution in [0.3, 0.4) is 0 Å². The van der Waals surface area contributed by atoms with E-state index in [2.05, 4.69) is 6.92 Å². The number of unbranched alkanes of at least 4 members (excludes halogenated alkanes) is 2. The molecule has 3 atom stereocenters. The highest BCUT2D eigenvalue weighted by atomic mass is 16.1. The van der Waals surface area contributed by atoms with Crippen molar-refractivity contribution < 1.29 is 4.79 Å². The first kappa shape index (κ1) is 16.5. The molecule has 126 valence electrons. The van der Waals surface area contributed by atoms with Crippen LogP contribution in [0.25, 0.3) is 0 Å². The molecular weight excluding hydrogens is 268 g/mol. The van der Waals surface area contributed by atoms with E-state index >= 15 is 0 Å². The number of hydrogen-bond donors (Lipinski definition) is 0. The summed E-state index contributed by atoms with van der Waals surface area (Å²) in [5, 5.41) is 0. The van der Waals surface area contributed by atoms with Crippen LogP contribution in [0.15, 0.2) is 0 Å². The summed E-state index contributed by atoms with van der Waals surface area (Å²) < 4.78 is 0. The number of Topliss-reactive ketones (excluding diaryl/α,β-unsaturated/α-hetero) is 1. The fourth-order valence-electron chi connectivity index (χ4n) is 5.79. The first-order valence-corrected chi connectivity index (χ1v) is 10.3. The highest BCUT2D eigenvalue weighted by Gasteiger charge is 2.38. The van der Waals surface area contributed by atoms with Crippen molar-refractivity contribution in [2.75, 3.05) is 0 Å². The zero-order valence-electron chi connectivity index (χ0n) is 14.7. The molecule has 0 N–H and O–H groups in total. The van der Waals surface area contributed by atoms with Crippen LogP contribution in [-0.4, -0.2) is 5.78 Å². The third-order valence-electron chi connectivity index (χ3n) is 7.24. The molecule has 0 aromatic heterocycles. The van der Waals surface area contributed by atoms with Gasteiger partial charge in [-0.1, -0.05) is 45.4 Å². The summed E-state index contributed by atoms with van der Waals surface area (Å²) in [4.78, 5) is 11.6. The average molecular weight is 305 g/mol. The minimum absolute atomic E-state index is 0.548. The molecule has 3 fully saturated rings. The van der Waals surface area contributed by atoms with Crippen LogP contribution in [-0.2, 0) is 4.79 Å². The van der Waals surface area contributed by atoms with Crippen LogP contribution in [0.2, 0.25) is 0 Å². The molecule has 1 heteroatoms. The normalized spacial score (nSPS) is 39.5. The Bertz CT molecular complexity index is 353. The summed E-state index contributed by atoms with van der Waals surface area (Å²) in [6.45, 7) is 2.31. The maximum atomic E-state index is 11.6. The molecule has 0 spiro atoms. The Balaban J connectivity index is 1.41. The minimum Gasteiger partial charge on any atom is -0.300 e. The van der Waals surface area contributed by atoms with E-state index in [4.69, 9.17) is 0 Å². The zero-order chi connectivity index (χ0) is 15.4. The molecule has 0 heterocycles. The Morgan fingerprint density at radius 2 is 1.50 bits per heavy atom. The van der Waals surface area contributed by atoms with Crippen LogP contribution in [0.5, 0.6) is 0 Å². The Hall–Kier alpha value is -0.330. The number of carbonyl (C=O) groups excluding carboxylic acids is 1. The van der Waals surface area contributed by atoms with Crippen LogP contribution < -0.4 is 0 Å². The maximum absolute atomic E-state index is 11.6. The zero-order valence-corrected chi connectivity index (χ0v) is 14.7. The van der Waals surface area contributed by atoms with E-state index < -0.39 is 0 Å². The summed E-state index contributed by atoms with van der Waals surface area (Å²) in [5.74, 6) is 5.30. The van der Waals surface area contributed by atoms with Crippen molar-refractivity contribution in [3.05, 3.63) is 0 Å². The second-order valence-corrected chi connectivity index (χ2v) is 8.65. The highest BCUT2D eigenvalue weighted by Crippen LogP contribution is 2.47. The van der Waals surface area contributed by atoms with Gasteiger partial charge in [-0.3, -0.25) is 4.79 Å². The van der Waals surface area contributed by atoms with Gasteiger partial charge in [-0.25, -0.2) is 0 Å². The molecule has 0 aromatic rings. The van der Waals surface area contributed by atoms with Crippen molar-refractivity contribution in [1.82, 2.24) is 0 Å². The molecule has 0 aromatic carbocycles. The second kappa shape index (κ2) is 7.97. The van der Waals surface area contributed by atoms with Crippen molar-refractivity contribution >= 4 is 5.78 Å². The van der Waals surface area contributed by atoms with Crippen molar-refractivity contribution in [3.63, 3.8) is 0 Å². The van der Waals surface area contributed by atoms with Gasteiger partial charge in [0.05, 0.1) is 0 Å². The predicted octanol–water partition coefficient (Wildman–Crippen LogP) is 6.16. The van der Waals surface area contributed by atoms with Gasteiger partial charge in [0.25, 0.3) is 0 Å². The van der Waals surface area contributed by atoms with E-state index in [1.807, 2.05) is 0 Å². The third kappa shape index (κ3) is 4.15. The molecule has 0 bridgehead atoms. The van der Waals surface area contributed by atoms with Gasteiger partial charge in [0, 0.05) is 12.8 Å². The van der Waals surface area contributed by atoms with Crippen LogP contribution in [0, 0.1) is 29.6 Å². The molecule has 1 nitrogen and oxygen atoms in total. The topological polar surface area (TPSA) is 17.1 Å². The predicted molar refractivity (Wildman–Crippen MR) is 92.8 cm³/mol. The Morgan fingerprint density at radius 3 is 2.27 bits per heavy atom. The molecule has 0 amide bonds. The highest BCUT2D eigenvalue weighted by molar-refractivity contribution is 5.79. The van der Waals surface area contributed by atoms with Gasteiger partial charge in [-0.2, -0.15) is 0 Å². The van der Waals surface area contributed by atoms with Crippen LogP contribution in [0.4, 0.5) is 0 Å². The molecule has 22 heavy (non-hydrogen) atoms. The lowest BCUT2D eigenvalue weighted by molar-refractivity contribution is -0.123. The summed E-state index contributed by atoms with van der Waals surface area (Å²) in [6, 6.07) is 0. The van der Waals surface area contributed by atoms with Gasteiger partial charge in [0.15, 0.2) is 0 Å². The van der Waals surface area contributed by atoms with Crippen molar-refractivity contribution in [2.24, 2.45) is 29.6 Å². The van der Waals surface area contributed by atoms with Crippen molar-refractivity contribution in [2.45, 2.75) is 96.8 Å². The fourth-order valence-corrected chi connectivity index (χ4v) is 5.79. The molecule has 3 unspecified atom stereocenters. The van der Waals surface area contributed by atoms with Gasteiger partial charge < -0.3 is 0 Å². The van der Waals surface area contributed by atoms with E-state index in [9.17, 15) is 4.79 Å². The third-order valence-corrected chi connectivity index (χ3v) is 7.24. The second-order valence-electron chi connectivity index (χ2n) is 8.65. The quantitative estimate of drug-likeness (QED) is 0.556. The van der Waals surface area contributed by atoms with E-state index in [1.165, 1.54) is 77.0 Å². The molecular formula is C21H36O. The lowest BCUT2D eigenvalue weighted by atomic mass is 9.62. The first-order chi connectivity index (χ1) is 10.8. The SMILES string of the molecule is CCCCCC1CCC(C2CCC3CC(=O)CCC3C2)CC1. The largest absolute Gasteiger partial charge is 0.300 e. The van der Waals surface area contributed by atoms with E-state index in [0.717, 1.165) is 42.4 Å². The Kier molecular flexibility index (Phi) is 5.99. The minimum atomic E-state index is 0.548. The number of carbonyl (C=O) groups is 1. The number of hydrogen-bond acceptors (Lipinski definition) is 1. The molecule has 3 rings (SSSR count). The molecule has 0 aliphatic heterocycles. The van der Waals surface area contributed by atoms with Gasteiger partial charge in [0.1, 0.15) is 5.78 Å².